The van der Waals surface area contributed by atoms with Gasteiger partial charge in [0, 0.05) is 37.6 Å². The van der Waals surface area contributed by atoms with Crippen LogP contribution >= 0.6 is 0 Å². The van der Waals surface area contributed by atoms with Crippen LogP contribution in [0.25, 0.3) is 0 Å². The molecule has 0 aliphatic carbocycles. The number of aromatic nitrogens is 3. The summed E-state index contributed by atoms with van der Waals surface area (Å²) in [7, 11) is 1.51. The number of aryl methyl sites for hydroxylation is 1. The van der Waals surface area contributed by atoms with Crippen molar-refractivity contribution in [3.05, 3.63) is 30.1 Å². The van der Waals surface area contributed by atoms with Gasteiger partial charge >= 0.3 is 0 Å². The van der Waals surface area contributed by atoms with Crippen LogP contribution in [0, 0.1) is 17.2 Å². The quantitative estimate of drug-likeness (QED) is 0.772. The van der Waals surface area contributed by atoms with E-state index in [2.05, 4.69) is 20.7 Å². The summed E-state index contributed by atoms with van der Waals surface area (Å²) in [6.45, 7) is -0.303. The Morgan fingerprint density at radius 1 is 1.43 bits per heavy atom. The Kier molecular flexibility index (Phi) is 5.49. The largest absolute Gasteiger partial charge is 0.345 e. The highest BCUT2D eigenvalue weighted by Gasteiger charge is 2.32. The molecule has 1 fully saturated rings. The Balaban J connectivity index is 1.73. The Labute approximate surface area is 159 Å². The number of nitrogens with zero attached hydrogens (tertiary/aromatic N) is 5. The molecule has 2 aromatic rings. The summed E-state index contributed by atoms with van der Waals surface area (Å²) in [5.41, 5.74) is 0.692. The van der Waals surface area contributed by atoms with Crippen molar-refractivity contribution in [3.8, 4) is 6.07 Å². The fourth-order valence-corrected chi connectivity index (χ4v) is 2.84. The van der Waals surface area contributed by atoms with Crippen LogP contribution in [0.2, 0.25) is 0 Å². The van der Waals surface area contributed by atoms with E-state index in [0.717, 1.165) is 0 Å². The Morgan fingerprint density at radius 3 is 2.89 bits per heavy atom. The van der Waals surface area contributed by atoms with Gasteiger partial charge in [-0.15, -0.1) is 0 Å². The highest BCUT2D eigenvalue weighted by Crippen LogP contribution is 2.27. The fraction of sp³-hybridized carbons (Fsp3) is 0.353. The third kappa shape index (κ3) is 4.06. The molecule has 1 atom stereocenters. The summed E-state index contributed by atoms with van der Waals surface area (Å²) in [5, 5.41) is 18.1. The monoisotopic (exact) mass is 389 g/mol. The van der Waals surface area contributed by atoms with E-state index in [4.69, 9.17) is 5.26 Å². The average molecular weight is 389 g/mol. The van der Waals surface area contributed by atoms with Crippen LogP contribution in [0.1, 0.15) is 16.9 Å². The van der Waals surface area contributed by atoms with Gasteiger partial charge in [0.25, 0.3) is 12.3 Å². The summed E-state index contributed by atoms with van der Waals surface area (Å²) >= 11 is 0. The topological polar surface area (TPSA) is 116 Å². The molecule has 1 unspecified atom stereocenters. The minimum absolute atomic E-state index is 0.103. The maximum Gasteiger partial charge on any atom is 0.269 e. The molecular weight excluding hydrogens is 372 g/mol. The minimum Gasteiger partial charge on any atom is -0.345 e. The molecule has 3 rings (SSSR count). The third-order valence-electron chi connectivity index (χ3n) is 4.20. The van der Waals surface area contributed by atoms with E-state index in [1.165, 1.54) is 28.9 Å². The van der Waals surface area contributed by atoms with Crippen molar-refractivity contribution in [2.75, 3.05) is 23.3 Å². The maximum atomic E-state index is 12.2. The van der Waals surface area contributed by atoms with Crippen molar-refractivity contribution >= 4 is 29.1 Å². The first-order chi connectivity index (χ1) is 13.4. The maximum absolute atomic E-state index is 12.2. The van der Waals surface area contributed by atoms with Gasteiger partial charge in [-0.3, -0.25) is 14.3 Å². The molecule has 3 heterocycles. The summed E-state index contributed by atoms with van der Waals surface area (Å²) in [4.78, 5) is 29.8. The molecule has 11 heteroatoms. The summed E-state index contributed by atoms with van der Waals surface area (Å²) in [6, 6.07) is 6.67. The molecule has 1 aliphatic heterocycles. The number of rotatable bonds is 6. The molecule has 2 N–H and O–H groups in total. The molecule has 146 valence electrons. The smallest absolute Gasteiger partial charge is 0.269 e. The lowest BCUT2D eigenvalue weighted by molar-refractivity contribution is -0.119. The normalized spacial score (nSPS) is 16.3. The number of amides is 2. The van der Waals surface area contributed by atoms with Gasteiger partial charge in [0.05, 0.1) is 12.6 Å². The molecule has 28 heavy (non-hydrogen) atoms. The van der Waals surface area contributed by atoms with Crippen molar-refractivity contribution in [2.24, 2.45) is 13.0 Å². The zero-order valence-electron chi connectivity index (χ0n) is 14.9. The van der Waals surface area contributed by atoms with Gasteiger partial charge in [-0.1, -0.05) is 0 Å². The second kappa shape index (κ2) is 7.99. The first-order valence-corrected chi connectivity index (χ1v) is 8.43. The van der Waals surface area contributed by atoms with Gasteiger partial charge in [0.1, 0.15) is 17.4 Å². The van der Waals surface area contributed by atoms with Crippen LogP contribution in [-0.2, 0) is 11.8 Å². The zero-order chi connectivity index (χ0) is 20.3. The first kappa shape index (κ1) is 19.2. The molecular formula is C17H17F2N7O2. The van der Waals surface area contributed by atoms with E-state index < -0.39 is 24.8 Å². The summed E-state index contributed by atoms with van der Waals surface area (Å²) in [6.07, 6.45) is -0.669. The second-order valence-corrected chi connectivity index (χ2v) is 6.12. The van der Waals surface area contributed by atoms with E-state index in [0.29, 0.717) is 24.5 Å². The first-order valence-electron chi connectivity index (χ1n) is 8.43. The predicted molar refractivity (Wildman–Crippen MR) is 95.1 cm³/mol. The van der Waals surface area contributed by atoms with E-state index >= 15 is 0 Å². The van der Waals surface area contributed by atoms with Gasteiger partial charge in [-0.05, 0) is 12.5 Å². The molecule has 0 spiro atoms. The Morgan fingerprint density at radius 2 is 2.21 bits per heavy atom. The van der Waals surface area contributed by atoms with Crippen LogP contribution in [0.15, 0.2) is 24.4 Å². The number of nitrogens with one attached hydrogen (secondary N) is 2. The molecule has 2 aromatic heterocycles. The Bertz CT molecular complexity index is 938. The number of carbonyl (C=O) groups is 2. The number of hydrogen-bond acceptors (Lipinski definition) is 6. The van der Waals surface area contributed by atoms with Gasteiger partial charge < -0.3 is 15.5 Å². The van der Waals surface area contributed by atoms with Gasteiger partial charge in [-0.25, -0.2) is 13.8 Å². The summed E-state index contributed by atoms with van der Waals surface area (Å²) in [5.74, 6) is -0.902. The van der Waals surface area contributed by atoms with E-state index in [9.17, 15) is 18.4 Å². The van der Waals surface area contributed by atoms with Gasteiger partial charge in [0.15, 0.2) is 5.82 Å². The van der Waals surface area contributed by atoms with Crippen LogP contribution in [0.5, 0.6) is 0 Å². The molecule has 1 saturated heterocycles. The SMILES string of the molecule is Cn1nc(Nc2cc(N3CCC(C#N)C3=O)ccn2)cc1C(=O)NCC(F)F. The number of carbonyl (C=O) groups excluding carboxylic acids is 2. The van der Waals surface area contributed by atoms with Crippen molar-refractivity contribution < 1.29 is 18.4 Å². The number of hydrogen-bond donors (Lipinski definition) is 2. The Hall–Kier alpha value is -3.55. The summed E-state index contributed by atoms with van der Waals surface area (Å²) < 4.78 is 25.7. The van der Waals surface area contributed by atoms with Crippen molar-refractivity contribution in [1.82, 2.24) is 20.1 Å². The number of halogens is 2. The lowest BCUT2D eigenvalue weighted by Crippen LogP contribution is -2.29. The number of anilines is 3. The zero-order valence-corrected chi connectivity index (χ0v) is 14.9. The minimum atomic E-state index is -2.64. The van der Waals surface area contributed by atoms with E-state index in [1.54, 1.807) is 12.1 Å². The fourth-order valence-electron chi connectivity index (χ4n) is 2.84. The van der Waals surface area contributed by atoms with Gasteiger partial charge in [0.2, 0.25) is 5.91 Å². The third-order valence-corrected chi connectivity index (χ3v) is 4.20. The molecule has 0 aromatic carbocycles. The van der Waals surface area contributed by atoms with Crippen molar-refractivity contribution in [2.45, 2.75) is 12.8 Å². The molecule has 0 bridgehead atoms. The molecule has 0 saturated carbocycles. The highest BCUT2D eigenvalue weighted by atomic mass is 19.3. The predicted octanol–water partition coefficient (Wildman–Crippen LogP) is 1.43. The number of pyridine rings is 1. The highest BCUT2D eigenvalue weighted by molar-refractivity contribution is 5.99. The average Bonchev–Trinajstić information content (AvgIpc) is 3.22. The molecule has 0 radical (unpaired) electrons. The van der Waals surface area contributed by atoms with E-state index in [-0.39, 0.29) is 17.4 Å². The van der Waals surface area contributed by atoms with Crippen molar-refractivity contribution in [1.29, 1.82) is 5.26 Å². The van der Waals surface area contributed by atoms with E-state index in [1.807, 2.05) is 6.07 Å². The lowest BCUT2D eigenvalue weighted by atomic mass is 10.1. The van der Waals surface area contributed by atoms with Crippen LogP contribution in [-0.4, -0.2) is 46.1 Å². The number of nitriles is 1. The standard InChI is InChI=1S/C17H17F2N7O2/c1-25-12(16(27)22-9-13(18)19)7-15(24-25)23-14-6-11(2-4-21-14)26-5-3-10(8-20)17(26)28/h2,4,6-7,10,13H,3,5,9H2,1H3,(H,22,27)(H,21,23,24). The molecule has 2 amide bonds. The second-order valence-electron chi connectivity index (χ2n) is 6.12. The lowest BCUT2D eigenvalue weighted by Gasteiger charge is -2.16. The van der Waals surface area contributed by atoms with Gasteiger partial charge in [-0.2, -0.15) is 10.4 Å². The number of alkyl halides is 2. The van der Waals surface area contributed by atoms with Crippen molar-refractivity contribution in [3.63, 3.8) is 0 Å². The van der Waals surface area contributed by atoms with Crippen LogP contribution < -0.4 is 15.5 Å². The molecule has 9 nitrogen and oxygen atoms in total. The van der Waals surface area contributed by atoms with Crippen LogP contribution in [0.3, 0.4) is 0 Å². The molecule has 1 aliphatic rings. The van der Waals surface area contributed by atoms with Crippen LogP contribution in [0.4, 0.5) is 26.1 Å².